The molecule has 0 unspecified atom stereocenters. The van der Waals surface area contributed by atoms with Gasteiger partial charge in [-0.05, 0) is 49.2 Å². The molecule has 0 aromatic heterocycles. The second-order valence-corrected chi connectivity index (χ2v) is 9.53. The predicted molar refractivity (Wildman–Crippen MR) is 114 cm³/mol. The number of hydrogen-bond donors (Lipinski definition) is 1. The lowest BCUT2D eigenvalue weighted by atomic mass is 9.97. The van der Waals surface area contributed by atoms with Crippen LogP contribution in [0.2, 0.25) is 0 Å². The smallest absolute Gasteiger partial charge is 0.243 e. The largest absolute Gasteiger partial charge is 0.497 e. The maximum atomic E-state index is 12.9. The molecule has 0 aliphatic carbocycles. The van der Waals surface area contributed by atoms with E-state index in [2.05, 4.69) is 5.32 Å². The maximum absolute atomic E-state index is 12.9. The predicted octanol–water partition coefficient (Wildman–Crippen LogP) is 2.05. The van der Waals surface area contributed by atoms with Gasteiger partial charge in [-0.15, -0.1) is 0 Å². The summed E-state index contributed by atoms with van der Waals surface area (Å²) in [4.78, 5) is 12.8. The van der Waals surface area contributed by atoms with Crippen molar-refractivity contribution >= 4 is 15.9 Å². The van der Waals surface area contributed by atoms with Crippen LogP contribution < -0.4 is 19.5 Å². The number of methoxy groups -OCH3 is 1. The van der Waals surface area contributed by atoms with Gasteiger partial charge in [0.1, 0.15) is 18.5 Å². The van der Waals surface area contributed by atoms with Crippen LogP contribution in [0.5, 0.6) is 17.2 Å². The van der Waals surface area contributed by atoms with E-state index in [1.54, 1.807) is 12.1 Å². The molecule has 1 N–H and O–H groups in total. The van der Waals surface area contributed by atoms with Gasteiger partial charge in [0, 0.05) is 19.0 Å². The van der Waals surface area contributed by atoms with Crippen molar-refractivity contribution in [2.24, 2.45) is 5.92 Å². The van der Waals surface area contributed by atoms with Crippen LogP contribution >= 0.6 is 0 Å². The van der Waals surface area contributed by atoms with E-state index in [4.69, 9.17) is 14.2 Å². The maximum Gasteiger partial charge on any atom is 0.243 e. The summed E-state index contributed by atoms with van der Waals surface area (Å²) in [5, 5.41) is 2.93. The summed E-state index contributed by atoms with van der Waals surface area (Å²) in [7, 11) is -2.05. The fourth-order valence-corrected chi connectivity index (χ4v) is 5.25. The van der Waals surface area contributed by atoms with Gasteiger partial charge in [-0.25, -0.2) is 8.42 Å². The van der Waals surface area contributed by atoms with E-state index >= 15 is 0 Å². The van der Waals surface area contributed by atoms with Crippen LogP contribution in [0.25, 0.3) is 0 Å². The van der Waals surface area contributed by atoms with Gasteiger partial charge in [0.2, 0.25) is 15.9 Å². The number of carbonyl (C=O) groups is 1. The molecule has 2 aliphatic rings. The van der Waals surface area contributed by atoms with Gasteiger partial charge in [0.15, 0.2) is 11.5 Å². The third-order valence-corrected chi connectivity index (χ3v) is 7.51. The van der Waals surface area contributed by atoms with Gasteiger partial charge in [-0.2, -0.15) is 4.31 Å². The Balaban J connectivity index is 1.27. The normalized spacial score (nSPS) is 19.6. The first kappa shape index (κ1) is 21.5. The third kappa shape index (κ3) is 4.77. The fourth-order valence-electron chi connectivity index (χ4n) is 3.78. The molecule has 8 nitrogen and oxygen atoms in total. The first-order chi connectivity index (χ1) is 15.0. The summed E-state index contributed by atoms with van der Waals surface area (Å²) in [5.41, 5.74) is 0. The first-order valence-electron chi connectivity index (χ1n) is 10.3. The van der Waals surface area contributed by atoms with Crippen LogP contribution in [0.4, 0.5) is 0 Å². The van der Waals surface area contributed by atoms with E-state index in [9.17, 15) is 13.2 Å². The second kappa shape index (κ2) is 9.15. The van der Waals surface area contributed by atoms with Crippen molar-refractivity contribution in [3.8, 4) is 17.2 Å². The average molecular weight is 447 g/mol. The highest BCUT2D eigenvalue weighted by Gasteiger charge is 2.32. The number of hydrogen-bond acceptors (Lipinski definition) is 6. The molecule has 4 rings (SSSR count). The molecule has 31 heavy (non-hydrogen) atoms. The zero-order valence-corrected chi connectivity index (χ0v) is 18.1. The molecule has 2 aliphatic heterocycles. The number of fused-ring (bicyclic) bond motifs is 1. The van der Waals surface area contributed by atoms with Gasteiger partial charge in [0.25, 0.3) is 0 Å². The molecule has 2 heterocycles. The SMILES string of the molecule is COc1ccc(S(=O)(=O)N2CCC(C(=O)NC[C@H]3COc4ccccc4O3)CC2)cc1. The second-order valence-electron chi connectivity index (χ2n) is 7.60. The summed E-state index contributed by atoms with van der Waals surface area (Å²) in [6.07, 6.45) is 0.701. The lowest BCUT2D eigenvalue weighted by Crippen LogP contribution is -2.46. The van der Waals surface area contributed by atoms with Gasteiger partial charge in [-0.1, -0.05) is 12.1 Å². The van der Waals surface area contributed by atoms with Crippen LogP contribution in [0.1, 0.15) is 12.8 Å². The Bertz CT molecular complexity index is 1020. The van der Waals surface area contributed by atoms with E-state index in [1.165, 1.54) is 23.5 Å². The lowest BCUT2D eigenvalue weighted by molar-refractivity contribution is -0.126. The summed E-state index contributed by atoms with van der Waals surface area (Å²) in [5.74, 6) is 1.67. The Labute approximate surface area is 182 Å². The number of benzene rings is 2. The molecule has 2 aromatic carbocycles. The van der Waals surface area contributed by atoms with Crippen molar-refractivity contribution in [1.29, 1.82) is 0 Å². The summed E-state index contributed by atoms with van der Waals surface area (Å²) < 4.78 is 43.7. The van der Waals surface area contributed by atoms with Crippen LogP contribution in [0, 0.1) is 5.92 Å². The Morgan fingerprint density at radius 3 is 2.45 bits per heavy atom. The highest BCUT2D eigenvalue weighted by molar-refractivity contribution is 7.89. The van der Waals surface area contributed by atoms with Gasteiger partial charge in [0.05, 0.1) is 18.6 Å². The van der Waals surface area contributed by atoms with Crippen molar-refractivity contribution in [2.45, 2.75) is 23.8 Å². The Morgan fingerprint density at radius 2 is 1.77 bits per heavy atom. The molecular formula is C22H26N2O6S. The van der Waals surface area contributed by atoms with E-state index in [0.717, 1.165) is 0 Å². The molecule has 1 atom stereocenters. The zero-order chi connectivity index (χ0) is 21.8. The lowest BCUT2D eigenvalue weighted by Gasteiger charge is -2.31. The highest BCUT2D eigenvalue weighted by Crippen LogP contribution is 2.31. The summed E-state index contributed by atoms with van der Waals surface area (Å²) in [6, 6.07) is 13.8. The average Bonchev–Trinajstić information content (AvgIpc) is 2.82. The van der Waals surface area contributed by atoms with Crippen molar-refractivity contribution in [2.75, 3.05) is 33.4 Å². The van der Waals surface area contributed by atoms with Crippen LogP contribution in [0.15, 0.2) is 53.4 Å². The summed E-state index contributed by atoms with van der Waals surface area (Å²) >= 11 is 0. The standard InChI is InChI=1S/C22H26N2O6S/c1-28-17-6-8-19(9-7-17)31(26,27)24-12-10-16(11-13-24)22(25)23-14-18-15-29-20-4-2-3-5-21(20)30-18/h2-9,16,18H,10-15H2,1H3,(H,23,25)/t18-/m0/s1. The van der Waals surface area contributed by atoms with Gasteiger partial charge >= 0.3 is 0 Å². The van der Waals surface area contributed by atoms with E-state index in [0.29, 0.717) is 56.3 Å². The highest BCUT2D eigenvalue weighted by atomic mass is 32.2. The fraction of sp³-hybridized carbons (Fsp3) is 0.409. The molecule has 0 bridgehead atoms. The van der Waals surface area contributed by atoms with E-state index in [1.807, 2.05) is 24.3 Å². The minimum Gasteiger partial charge on any atom is -0.497 e. The number of carbonyl (C=O) groups excluding carboxylic acids is 1. The Morgan fingerprint density at radius 1 is 1.10 bits per heavy atom. The molecule has 9 heteroatoms. The number of nitrogens with one attached hydrogen (secondary N) is 1. The quantitative estimate of drug-likeness (QED) is 0.730. The topological polar surface area (TPSA) is 94.2 Å². The number of ether oxygens (including phenoxy) is 3. The molecule has 1 saturated heterocycles. The van der Waals surface area contributed by atoms with Crippen LogP contribution in [-0.2, 0) is 14.8 Å². The molecular weight excluding hydrogens is 420 g/mol. The summed E-state index contributed by atoms with van der Waals surface area (Å²) in [6.45, 7) is 1.33. The Hall–Kier alpha value is -2.78. The molecule has 166 valence electrons. The van der Waals surface area contributed by atoms with E-state index in [-0.39, 0.29) is 22.8 Å². The molecule has 0 saturated carbocycles. The van der Waals surface area contributed by atoms with Crippen molar-refractivity contribution < 1.29 is 27.4 Å². The molecule has 2 aromatic rings. The number of amides is 1. The number of para-hydroxylation sites is 2. The minimum absolute atomic E-state index is 0.0797. The van der Waals surface area contributed by atoms with Crippen molar-refractivity contribution in [1.82, 2.24) is 9.62 Å². The van der Waals surface area contributed by atoms with Crippen molar-refractivity contribution in [3.63, 3.8) is 0 Å². The van der Waals surface area contributed by atoms with Crippen LogP contribution in [0.3, 0.4) is 0 Å². The minimum atomic E-state index is -3.58. The van der Waals surface area contributed by atoms with Gasteiger partial charge in [-0.3, -0.25) is 4.79 Å². The monoisotopic (exact) mass is 446 g/mol. The number of nitrogens with zero attached hydrogens (tertiary/aromatic N) is 1. The third-order valence-electron chi connectivity index (χ3n) is 5.59. The van der Waals surface area contributed by atoms with E-state index < -0.39 is 10.0 Å². The first-order valence-corrected chi connectivity index (χ1v) is 11.7. The molecule has 1 fully saturated rings. The van der Waals surface area contributed by atoms with Gasteiger partial charge < -0.3 is 19.5 Å². The molecule has 0 radical (unpaired) electrons. The number of piperidine rings is 1. The zero-order valence-electron chi connectivity index (χ0n) is 17.3. The Kier molecular flexibility index (Phi) is 6.33. The van der Waals surface area contributed by atoms with Crippen molar-refractivity contribution in [3.05, 3.63) is 48.5 Å². The van der Waals surface area contributed by atoms with Crippen LogP contribution in [-0.4, -0.2) is 58.1 Å². The molecule has 0 spiro atoms. The number of rotatable bonds is 6. The molecule has 1 amide bonds. The number of sulfonamides is 1.